The Hall–Kier alpha value is -5.33. The Morgan fingerprint density at radius 3 is 2.77 bits per heavy atom. The van der Waals surface area contributed by atoms with E-state index in [0.717, 1.165) is 16.6 Å². The molecule has 0 aliphatic heterocycles. The molecule has 7 rings (SSSR count). The third-order valence-electron chi connectivity index (χ3n) is 6.82. The average molecular weight is 524 g/mol. The van der Waals surface area contributed by atoms with E-state index in [1.165, 1.54) is 18.5 Å². The monoisotopic (exact) mass is 523 g/mol. The second-order valence-corrected chi connectivity index (χ2v) is 9.17. The van der Waals surface area contributed by atoms with Gasteiger partial charge >= 0.3 is 0 Å². The Bertz CT molecular complexity index is 2030. The van der Waals surface area contributed by atoms with Gasteiger partial charge in [0.1, 0.15) is 34.9 Å². The molecule has 5 heterocycles. The number of nitrogens with zero attached hydrogens (tertiary/aromatic N) is 9. The van der Waals surface area contributed by atoms with Gasteiger partial charge in [-0.3, -0.25) is 4.68 Å². The zero-order chi connectivity index (χ0) is 26.8. The molecule has 7 aromatic rings. The molecule has 39 heavy (non-hydrogen) atoms. The number of oxazole rings is 1. The molecule has 13 heteroatoms. The highest BCUT2D eigenvalue weighted by molar-refractivity contribution is 5.99. The summed E-state index contributed by atoms with van der Waals surface area (Å²) in [7, 11) is 0. The summed E-state index contributed by atoms with van der Waals surface area (Å²) in [6, 6.07) is 9.75. The summed E-state index contributed by atoms with van der Waals surface area (Å²) < 4.78 is 25.0. The van der Waals surface area contributed by atoms with Crippen LogP contribution in [-0.2, 0) is 6.54 Å². The number of anilines is 2. The van der Waals surface area contributed by atoms with Crippen LogP contribution in [0.1, 0.15) is 25.6 Å². The highest BCUT2D eigenvalue weighted by Crippen LogP contribution is 2.36. The van der Waals surface area contributed by atoms with Crippen LogP contribution in [0.5, 0.6) is 0 Å². The lowest BCUT2D eigenvalue weighted by atomic mass is 10.1. The SMILES string of the molecule is CCn1cc(-n2nc(C(C)n3nc(-c4ccc5oc(N)nc5c4)c4c(N)ncnc43)c3ccc(F)cc32)cn1. The zero-order valence-electron chi connectivity index (χ0n) is 20.9. The van der Waals surface area contributed by atoms with Crippen LogP contribution < -0.4 is 11.5 Å². The van der Waals surface area contributed by atoms with Crippen molar-refractivity contribution in [1.82, 2.24) is 44.3 Å². The number of halogens is 1. The zero-order valence-corrected chi connectivity index (χ0v) is 20.9. The molecule has 0 saturated heterocycles. The predicted octanol–water partition coefficient (Wildman–Crippen LogP) is 4.10. The first-order valence-electron chi connectivity index (χ1n) is 12.3. The van der Waals surface area contributed by atoms with E-state index in [9.17, 15) is 4.39 Å². The number of nitrogen functional groups attached to an aromatic ring is 2. The third-order valence-corrected chi connectivity index (χ3v) is 6.82. The van der Waals surface area contributed by atoms with Crippen molar-refractivity contribution in [2.75, 3.05) is 11.5 Å². The van der Waals surface area contributed by atoms with Crippen LogP contribution >= 0.6 is 0 Å². The van der Waals surface area contributed by atoms with Gasteiger partial charge in [0.2, 0.25) is 0 Å². The van der Waals surface area contributed by atoms with E-state index in [4.69, 9.17) is 26.1 Å². The Kier molecular flexibility index (Phi) is 4.89. The summed E-state index contributed by atoms with van der Waals surface area (Å²) in [6.07, 6.45) is 4.98. The quantitative estimate of drug-likeness (QED) is 0.339. The molecule has 0 radical (unpaired) electrons. The maximum atomic E-state index is 14.4. The molecule has 0 fully saturated rings. The largest absolute Gasteiger partial charge is 0.424 e. The van der Waals surface area contributed by atoms with E-state index < -0.39 is 6.04 Å². The Balaban J connectivity index is 1.43. The van der Waals surface area contributed by atoms with Crippen molar-refractivity contribution in [3.05, 3.63) is 66.6 Å². The molecule has 5 aromatic heterocycles. The van der Waals surface area contributed by atoms with Gasteiger partial charge in [-0.15, -0.1) is 0 Å². The number of nitrogens with two attached hydrogens (primary N) is 2. The number of rotatable bonds is 5. The number of aryl methyl sites for hydroxylation is 1. The van der Waals surface area contributed by atoms with Crippen molar-refractivity contribution in [2.24, 2.45) is 0 Å². The van der Waals surface area contributed by atoms with Gasteiger partial charge < -0.3 is 15.9 Å². The summed E-state index contributed by atoms with van der Waals surface area (Å²) in [5.41, 5.74) is 17.1. The molecular weight excluding hydrogens is 501 g/mol. The van der Waals surface area contributed by atoms with Crippen LogP contribution in [0.2, 0.25) is 0 Å². The van der Waals surface area contributed by atoms with E-state index in [0.29, 0.717) is 45.6 Å². The van der Waals surface area contributed by atoms with Crippen molar-refractivity contribution in [3.8, 4) is 16.9 Å². The highest BCUT2D eigenvalue weighted by atomic mass is 19.1. The van der Waals surface area contributed by atoms with Crippen molar-refractivity contribution in [2.45, 2.75) is 26.4 Å². The second-order valence-electron chi connectivity index (χ2n) is 9.17. The fourth-order valence-corrected chi connectivity index (χ4v) is 4.93. The molecule has 12 nitrogen and oxygen atoms in total. The Morgan fingerprint density at radius 2 is 1.95 bits per heavy atom. The fraction of sp³-hybridized carbons (Fsp3) is 0.154. The lowest BCUT2D eigenvalue weighted by Gasteiger charge is -2.11. The van der Waals surface area contributed by atoms with Gasteiger partial charge in [-0.05, 0) is 44.2 Å². The van der Waals surface area contributed by atoms with Crippen LogP contribution in [0.3, 0.4) is 0 Å². The summed E-state index contributed by atoms with van der Waals surface area (Å²) in [5.74, 6) is -0.0698. The maximum absolute atomic E-state index is 14.4. The van der Waals surface area contributed by atoms with E-state index >= 15 is 0 Å². The topological polar surface area (TPSA) is 157 Å². The van der Waals surface area contributed by atoms with Gasteiger partial charge in [0, 0.05) is 23.6 Å². The lowest BCUT2D eigenvalue weighted by Crippen LogP contribution is -2.11. The smallest absolute Gasteiger partial charge is 0.292 e. The van der Waals surface area contributed by atoms with Crippen molar-refractivity contribution < 1.29 is 8.81 Å². The van der Waals surface area contributed by atoms with E-state index in [1.807, 2.05) is 32.2 Å². The Labute approximate surface area is 219 Å². The van der Waals surface area contributed by atoms with Crippen molar-refractivity contribution in [3.63, 3.8) is 0 Å². The number of fused-ring (bicyclic) bond motifs is 3. The summed E-state index contributed by atoms with van der Waals surface area (Å²) >= 11 is 0. The van der Waals surface area contributed by atoms with Crippen LogP contribution in [0.25, 0.3) is 50.0 Å². The number of benzene rings is 2. The molecule has 0 amide bonds. The Morgan fingerprint density at radius 1 is 1.08 bits per heavy atom. The molecular formula is C26H22FN11O. The van der Waals surface area contributed by atoms with Crippen LogP contribution in [0.4, 0.5) is 16.2 Å². The average Bonchev–Trinajstić information content (AvgIpc) is 3.70. The summed E-state index contributed by atoms with van der Waals surface area (Å²) in [4.78, 5) is 13.0. The number of hydrogen-bond donors (Lipinski definition) is 2. The van der Waals surface area contributed by atoms with E-state index in [2.05, 4.69) is 20.1 Å². The van der Waals surface area contributed by atoms with Gasteiger partial charge in [-0.1, -0.05) is 0 Å². The van der Waals surface area contributed by atoms with Gasteiger partial charge in [-0.2, -0.15) is 20.3 Å². The first-order chi connectivity index (χ1) is 18.9. The maximum Gasteiger partial charge on any atom is 0.292 e. The number of aromatic nitrogens is 9. The molecule has 1 atom stereocenters. The second kappa shape index (κ2) is 8.34. The number of hydrogen-bond acceptors (Lipinski definition) is 9. The lowest BCUT2D eigenvalue weighted by molar-refractivity contribution is 0.564. The standard InChI is InChI=1S/C26H22FN11O/c1-3-36-11-16(10-32-36)38-19-9-15(27)5-6-17(19)22(34-38)13(2)37-25-21(24(28)30-12-31-25)23(35-37)14-4-7-20-18(8-14)33-26(29)39-20/h4-13H,3H2,1-2H3,(H2,29,33)(H2,28,30,31). The molecule has 0 aliphatic carbocycles. The molecule has 0 aliphatic rings. The van der Waals surface area contributed by atoms with Gasteiger partial charge in [-0.25, -0.2) is 23.7 Å². The minimum absolute atomic E-state index is 0.0809. The van der Waals surface area contributed by atoms with Gasteiger partial charge in [0.25, 0.3) is 6.01 Å². The predicted molar refractivity (Wildman–Crippen MR) is 143 cm³/mol. The molecule has 0 saturated carbocycles. The van der Waals surface area contributed by atoms with E-state index in [-0.39, 0.29) is 17.6 Å². The molecule has 1 unspecified atom stereocenters. The van der Waals surface area contributed by atoms with Crippen molar-refractivity contribution in [1.29, 1.82) is 0 Å². The first-order valence-corrected chi connectivity index (χ1v) is 12.3. The highest BCUT2D eigenvalue weighted by Gasteiger charge is 2.25. The molecule has 194 valence electrons. The van der Waals surface area contributed by atoms with Crippen LogP contribution in [-0.4, -0.2) is 44.3 Å². The molecule has 4 N–H and O–H groups in total. The van der Waals surface area contributed by atoms with E-state index in [1.54, 1.807) is 32.4 Å². The summed E-state index contributed by atoms with van der Waals surface area (Å²) in [5, 5.41) is 15.6. The molecule has 0 spiro atoms. The minimum Gasteiger partial charge on any atom is -0.424 e. The van der Waals surface area contributed by atoms with Crippen LogP contribution in [0.15, 0.2) is 59.5 Å². The molecule has 2 aromatic carbocycles. The van der Waals surface area contributed by atoms with Gasteiger partial charge in [0.15, 0.2) is 11.2 Å². The minimum atomic E-state index is -0.405. The van der Waals surface area contributed by atoms with Gasteiger partial charge in [0.05, 0.1) is 35.0 Å². The third kappa shape index (κ3) is 3.50. The molecule has 0 bridgehead atoms. The van der Waals surface area contributed by atoms with Crippen molar-refractivity contribution >= 4 is 44.9 Å². The van der Waals surface area contributed by atoms with Crippen LogP contribution in [0, 0.1) is 5.82 Å². The normalized spacial score (nSPS) is 12.7. The fourth-order valence-electron chi connectivity index (χ4n) is 4.93. The first kappa shape index (κ1) is 22.8. The summed E-state index contributed by atoms with van der Waals surface area (Å²) in [6.45, 7) is 4.65.